The van der Waals surface area contributed by atoms with Crippen molar-refractivity contribution in [3.63, 3.8) is 0 Å². The van der Waals surface area contributed by atoms with Crippen LogP contribution in [0.15, 0.2) is 22.7 Å². The number of nitrogens with one attached hydrogen (secondary N) is 1. The molecule has 4 heteroatoms. The van der Waals surface area contributed by atoms with E-state index in [0.29, 0.717) is 6.61 Å². The van der Waals surface area contributed by atoms with Crippen molar-refractivity contribution in [3.8, 4) is 5.75 Å². The molecule has 90 valence electrons. The fourth-order valence-electron chi connectivity index (χ4n) is 1.34. The molecule has 0 saturated carbocycles. The van der Waals surface area contributed by atoms with Crippen LogP contribution in [0, 0.1) is 0 Å². The highest BCUT2D eigenvalue weighted by Gasteiger charge is 2.02. The van der Waals surface area contributed by atoms with Crippen molar-refractivity contribution >= 4 is 15.9 Å². The van der Waals surface area contributed by atoms with Crippen LogP contribution in [0.2, 0.25) is 0 Å². The molecule has 1 rings (SSSR count). The number of hydrogen-bond donors (Lipinski definition) is 2. The number of aliphatic hydroxyl groups excluding tert-OH is 1. The predicted octanol–water partition coefficient (Wildman–Crippen LogP) is 2.32. The highest BCUT2D eigenvalue weighted by Crippen LogP contribution is 2.22. The van der Waals surface area contributed by atoms with Crippen molar-refractivity contribution in [1.29, 1.82) is 0 Å². The Morgan fingerprint density at radius 3 is 2.94 bits per heavy atom. The summed E-state index contributed by atoms with van der Waals surface area (Å²) in [4.78, 5) is 0. The third kappa shape index (κ3) is 4.51. The summed E-state index contributed by atoms with van der Waals surface area (Å²) < 4.78 is 6.43. The zero-order valence-electron chi connectivity index (χ0n) is 9.50. The number of hydrogen-bond acceptors (Lipinski definition) is 3. The third-order valence-electron chi connectivity index (χ3n) is 2.12. The van der Waals surface area contributed by atoms with E-state index in [4.69, 9.17) is 9.84 Å². The maximum Gasteiger partial charge on any atom is 0.119 e. The topological polar surface area (TPSA) is 41.5 Å². The maximum absolute atomic E-state index is 8.68. The lowest BCUT2D eigenvalue weighted by Gasteiger charge is -2.09. The van der Waals surface area contributed by atoms with Gasteiger partial charge in [0, 0.05) is 11.0 Å². The van der Waals surface area contributed by atoms with Gasteiger partial charge in [-0.15, -0.1) is 0 Å². The van der Waals surface area contributed by atoms with Gasteiger partial charge < -0.3 is 15.2 Å². The van der Waals surface area contributed by atoms with Gasteiger partial charge in [0.05, 0.1) is 6.61 Å². The molecular formula is C12H18BrNO2. The highest BCUT2D eigenvalue weighted by atomic mass is 79.9. The SMILES string of the molecule is CCCNCc1cc(OCCO)ccc1Br. The Morgan fingerprint density at radius 1 is 1.44 bits per heavy atom. The highest BCUT2D eigenvalue weighted by molar-refractivity contribution is 9.10. The fourth-order valence-corrected chi connectivity index (χ4v) is 1.73. The molecule has 0 heterocycles. The van der Waals surface area contributed by atoms with Gasteiger partial charge in [-0.1, -0.05) is 22.9 Å². The molecule has 1 aromatic carbocycles. The Balaban J connectivity index is 2.59. The first-order chi connectivity index (χ1) is 7.77. The van der Waals surface area contributed by atoms with Crippen molar-refractivity contribution in [2.75, 3.05) is 19.8 Å². The average Bonchev–Trinajstić information content (AvgIpc) is 2.30. The van der Waals surface area contributed by atoms with E-state index in [2.05, 4.69) is 28.2 Å². The Morgan fingerprint density at radius 2 is 2.25 bits per heavy atom. The molecule has 0 atom stereocenters. The van der Waals surface area contributed by atoms with Gasteiger partial charge in [-0.25, -0.2) is 0 Å². The second kappa shape index (κ2) is 7.65. The molecule has 16 heavy (non-hydrogen) atoms. The van der Waals surface area contributed by atoms with Crippen LogP contribution in [-0.2, 0) is 6.54 Å². The largest absolute Gasteiger partial charge is 0.491 e. The second-order valence-electron chi connectivity index (χ2n) is 3.50. The molecule has 0 spiro atoms. The average molecular weight is 288 g/mol. The Bertz CT molecular complexity index is 318. The van der Waals surface area contributed by atoms with E-state index < -0.39 is 0 Å². The van der Waals surface area contributed by atoms with Crippen molar-refractivity contribution in [2.24, 2.45) is 0 Å². The summed E-state index contributed by atoms with van der Waals surface area (Å²) in [6, 6.07) is 5.85. The Hall–Kier alpha value is -0.580. The first-order valence-electron chi connectivity index (χ1n) is 5.50. The summed E-state index contributed by atoms with van der Waals surface area (Å²) in [6.45, 7) is 4.35. The second-order valence-corrected chi connectivity index (χ2v) is 4.36. The molecule has 0 radical (unpaired) electrons. The summed E-state index contributed by atoms with van der Waals surface area (Å²) in [5, 5.41) is 12.0. The first-order valence-corrected chi connectivity index (χ1v) is 6.30. The van der Waals surface area contributed by atoms with Crippen LogP contribution in [0.5, 0.6) is 5.75 Å². The van der Waals surface area contributed by atoms with Crippen LogP contribution < -0.4 is 10.1 Å². The third-order valence-corrected chi connectivity index (χ3v) is 2.89. The molecule has 2 N–H and O–H groups in total. The van der Waals surface area contributed by atoms with Gasteiger partial charge in [0.2, 0.25) is 0 Å². The predicted molar refractivity (Wildman–Crippen MR) is 68.7 cm³/mol. The van der Waals surface area contributed by atoms with Gasteiger partial charge in [0.25, 0.3) is 0 Å². The van der Waals surface area contributed by atoms with Crippen molar-refractivity contribution in [3.05, 3.63) is 28.2 Å². The Kier molecular flexibility index (Phi) is 6.45. The number of ether oxygens (including phenoxy) is 1. The van der Waals surface area contributed by atoms with Gasteiger partial charge in [-0.3, -0.25) is 0 Å². The molecule has 0 amide bonds. The lowest BCUT2D eigenvalue weighted by molar-refractivity contribution is 0.201. The summed E-state index contributed by atoms with van der Waals surface area (Å²) in [6.07, 6.45) is 1.12. The summed E-state index contributed by atoms with van der Waals surface area (Å²) in [7, 11) is 0. The van der Waals surface area contributed by atoms with Gasteiger partial charge >= 0.3 is 0 Å². The zero-order valence-corrected chi connectivity index (χ0v) is 11.1. The standard InChI is InChI=1S/C12H18BrNO2/c1-2-5-14-9-10-8-11(16-7-6-15)3-4-12(10)13/h3-4,8,14-15H,2,5-7,9H2,1H3. The van der Waals surface area contributed by atoms with E-state index in [-0.39, 0.29) is 6.61 Å². The van der Waals surface area contributed by atoms with Gasteiger partial charge in [0.1, 0.15) is 12.4 Å². The van der Waals surface area contributed by atoms with E-state index >= 15 is 0 Å². The number of rotatable bonds is 7. The first kappa shape index (κ1) is 13.5. The van der Waals surface area contributed by atoms with E-state index in [0.717, 1.165) is 29.7 Å². The maximum atomic E-state index is 8.68. The summed E-state index contributed by atoms with van der Waals surface area (Å²) in [5.74, 6) is 0.797. The lowest BCUT2D eigenvalue weighted by Crippen LogP contribution is -2.14. The van der Waals surface area contributed by atoms with E-state index in [1.807, 2.05) is 18.2 Å². The van der Waals surface area contributed by atoms with Crippen LogP contribution in [0.3, 0.4) is 0 Å². The molecule has 0 saturated heterocycles. The minimum Gasteiger partial charge on any atom is -0.491 e. The normalized spacial score (nSPS) is 10.4. The molecule has 0 bridgehead atoms. The molecule has 0 unspecified atom stereocenters. The molecule has 0 aromatic heterocycles. The van der Waals surface area contributed by atoms with Crippen LogP contribution >= 0.6 is 15.9 Å². The minimum absolute atomic E-state index is 0.0412. The molecule has 0 fully saturated rings. The monoisotopic (exact) mass is 287 g/mol. The molecular weight excluding hydrogens is 270 g/mol. The van der Waals surface area contributed by atoms with E-state index in [1.54, 1.807) is 0 Å². The number of aliphatic hydroxyl groups is 1. The lowest BCUT2D eigenvalue weighted by atomic mass is 10.2. The van der Waals surface area contributed by atoms with Crippen LogP contribution in [0.4, 0.5) is 0 Å². The smallest absolute Gasteiger partial charge is 0.119 e. The molecule has 0 aliphatic heterocycles. The van der Waals surface area contributed by atoms with Crippen LogP contribution in [0.25, 0.3) is 0 Å². The quantitative estimate of drug-likeness (QED) is 0.757. The Labute approximate surface area is 105 Å². The van der Waals surface area contributed by atoms with Gasteiger partial charge in [-0.05, 0) is 36.7 Å². The molecule has 1 aromatic rings. The molecule has 3 nitrogen and oxygen atoms in total. The molecule has 0 aliphatic rings. The van der Waals surface area contributed by atoms with Crippen molar-refractivity contribution < 1.29 is 9.84 Å². The molecule has 0 aliphatic carbocycles. The van der Waals surface area contributed by atoms with Crippen LogP contribution in [-0.4, -0.2) is 24.9 Å². The fraction of sp³-hybridized carbons (Fsp3) is 0.500. The van der Waals surface area contributed by atoms with E-state index in [1.165, 1.54) is 5.56 Å². The van der Waals surface area contributed by atoms with Crippen molar-refractivity contribution in [1.82, 2.24) is 5.32 Å². The number of halogens is 1. The minimum atomic E-state index is 0.0412. The number of benzene rings is 1. The van der Waals surface area contributed by atoms with E-state index in [9.17, 15) is 0 Å². The van der Waals surface area contributed by atoms with Crippen molar-refractivity contribution in [2.45, 2.75) is 19.9 Å². The van der Waals surface area contributed by atoms with Gasteiger partial charge in [-0.2, -0.15) is 0 Å². The van der Waals surface area contributed by atoms with Crippen LogP contribution in [0.1, 0.15) is 18.9 Å². The summed E-state index contributed by atoms with van der Waals surface area (Å²) in [5.41, 5.74) is 1.17. The summed E-state index contributed by atoms with van der Waals surface area (Å²) >= 11 is 3.51. The van der Waals surface area contributed by atoms with Gasteiger partial charge in [0.15, 0.2) is 0 Å². The zero-order chi connectivity index (χ0) is 11.8.